The Labute approximate surface area is 182 Å². The molecule has 1 aromatic heterocycles. The summed E-state index contributed by atoms with van der Waals surface area (Å²) in [5.74, 6) is -0.180. The monoisotopic (exact) mass is 438 g/mol. The van der Waals surface area contributed by atoms with Crippen LogP contribution in [-0.2, 0) is 0 Å². The van der Waals surface area contributed by atoms with E-state index in [0.717, 1.165) is 6.07 Å². The normalized spacial score (nSPS) is 10.0. The molecule has 0 unspecified atom stereocenters. The lowest BCUT2D eigenvalue weighted by Crippen LogP contribution is -2.20. The van der Waals surface area contributed by atoms with E-state index in [9.17, 15) is 14.0 Å². The molecule has 0 radical (unpaired) electrons. The zero-order chi connectivity index (χ0) is 22.9. The number of halogens is 1. The molecule has 3 aromatic rings. The van der Waals surface area contributed by atoms with Crippen LogP contribution in [0, 0.1) is 5.82 Å². The highest BCUT2D eigenvalue weighted by molar-refractivity contribution is 6.00. The summed E-state index contributed by atoms with van der Waals surface area (Å²) >= 11 is 0. The number of rotatable bonds is 8. The van der Waals surface area contributed by atoms with Crippen LogP contribution in [-0.4, -0.2) is 28.8 Å². The number of para-hydroxylation sites is 2. The quantitative estimate of drug-likeness (QED) is 0.354. The van der Waals surface area contributed by atoms with Gasteiger partial charge in [0, 0.05) is 24.0 Å². The molecule has 0 bridgehead atoms. The average molecular weight is 438 g/mol. The van der Waals surface area contributed by atoms with E-state index in [-0.39, 0.29) is 29.6 Å². The average Bonchev–Trinajstić information content (AvgIpc) is 2.75. The number of carboxylic acid groups (broad SMARTS) is 1. The molecule has 0 spiro atoms. The van der Waals surface area contributed by atoms with Crippen LogP contribution in [0.5, 0.6) is 17.2 Å². The zero-order valence-electron chi connectivity index (χ0n) is 16.7. The number of hydrogen-bond donors (Lipinski definition) is 4. The second-order valence-corrected chi connectivity index (χ2v) is 6.23. The number of pyridine rings is 1. The summed E-state index contributed by atoms with van der Waals surface area (Å²) in [5.41, 5.74) is 0.635. The third kappa shape index (κ3) is 6.20. The summed E-state index contributed by atoms with van der Waals surface area (Å²) in [6.07, 6.45) is 1.61. The molecule has 0 aliphatic rings. The minimum atomic E-state index is -1.29. The number of nitrogens with zero attached hydrogens (tertiary/aromatic N) is 1. The van der Waals surface area contributed by atoms with Crippen molar-refractivity contribution in [1.82, 2.24) is 4.98 Å². The Morgan fingerprint density at radius 2 is 1.88 bits per heavy atom. The van der Waals surface area contributed by atoms with Crippen molar-refractivity contribution in [2.24, 2.45) is 0 Å². The van der Waals surface area contributed by atoms with Crippen LogP contribution < -0.4 is 25.4 Å². The third-order valence-corrected chi connectivity index (χ3v) is 3.88. The number of amides is 3. The summed E-state index contributed by atoms with van der Waals surface area (Å²) in [5, 5.41) is 16.0. The van der Waals surface area contributed by atoms with E-state index in [0.29, 0.717) is 11.4 Å². The summed E-state index contributed by atoms with van der Waals surface area (Å²) < 4.78 is 25.4. The molecule has 10 heteroatoms. The number of nitrogens with one attached hydrogen (secondary N) is 3. The first-order valence-corrected chi connectivity index (χ1v) is 9.28. The maximum Gasteiger partial charge on any atom is 0.410 e. The number of ether oxygens (including phenoxy) is 2. The van der Waals surface area contributed by atoms with Gasteiger partial charge in [-0.15, -0.1) is 0 Å². The fraction of sp³-hybridized carbons (Fsp3) is 0.0455. The van der Waals surface area contributed by atoms with Gasteiger partial charge in [-0.25, -0.2) is 19.0 Å². The Morgan fingerprint density at radius 1 is 1.06 bits per heavy atom. The Hall–Kier alpha value is -4.60. The van der Waals surface area contributed by atoms with Crippen LogP contribution in [0.2, 0.25) is 0 Å². The van der Waals surface area contributed by atoms with E-state index in [4.69, 9.17) is 14.6 Å². The molecule has 4 N–H and O–H groups in total. The number of carbonyl (C=O) groups is 2. The van der Waals surface area contributed by atoms with Crippen molar-refractivity contribution in [3.63, 3.8) is 0 Å². The Kier molecular flexibility index (Phi) is 7.20. The maximum absolute atomic E-state index is 14.5. The van der Waals surface area contributed by atoms with Gasteiger partial charge in [-0.3, -0.25) is 5.32 Å². The van der Waals surface area contributed by atoms with Crippen LogP contribution in [0.3, 0.4) is 0 Å². The SMILES string of the molecule is C=CCOc1ccccc1NC(=O)Nc1ccc(Oc2ccnc(NC(=O)O)c2)c(F)c1. The molecular weight excluding hydrogens is 419 g/mol. The van der Waals surface area contributed by atoms with Gasteiger partial charge in [0.2, 0.25) is 0 Å². The highest BCUT2D eigenvalue weighted by Crippen LogP contribution is 2.28. The standard InChI is InChI=1S/C22H19FN4O5/c1-2-11-31-19-6-4-3-5-17(19)26-21(28)25-14-7-8-18(16(23)12-14)32-15-9-10-24-20(13-15)27-22(29)30/h2-10,12-13H,1,11H2,(H,24,27)(H,29,30)(H2,25,26,28). The maximum atomic E-state index is 14.5. The number of benzene rings is 2. The van der Waals surface area contributed by atoms with Gasteiger partial charge in [0.05, 0.1) is 5.69 Å². The van der Waals surface area contributed by atoms with Gasteiger partial charge in [-0.05, 0) is 30.3 Å². The van der Waals surface area contributed by atoms with Crippen LogP contribution in [0.1, 0.15) is 0 Å². The number of carbonyl (C=O) groups excluding carboxylic acids is 1. The lowest BCUT2D eigenvalue weighted by Gasteiger charge is -2.13. The van der Waals surface area contributed by atoms with Crippen molar-refractivity contribution in [2.45, 2.75) is 0 Å². The van der Waals surface area contributed by atoms with Crippen LogP contribution in [0.25, 0.3) is 0 Å². The van der Waals surface area contributed by atoms with Gasteiger partial charge < -0.3 is 25.2 Å². The second-order valence-electron chi connectivity index (χ2n) is 6.23. The predicted molar refractivity (Wildman–Crippen MR) is 117 cm³/mol. The van der Waals surface area contributed by atoms with E-state index < -0.39 is 17.9 Å². The van der Waals surface area contributed by atoms with Gasteiger partial charge in [-0.2, -0.15) is 0 Å². The van der Waals surface area contributed by atoms with Crippen LogP contribution >= 0.6 is 0 Å². The molecule has 3 rings (SSSR count). The molecule has 9 nitrogen and oxygen atoms in total. The molecule has 1 heterocycles. The van der Waals surface area contributed by atoms with Crippen molar-refractivity contribution < 1.29 is 28.6 Å². The highest BCUT2D eigenvalue weighted by atomic mass is 19.1. The topological polar surface area (TPSA) is 122 Å². The molecular formula is C22H19FN4O5. The molecule has 0 saturated heterocycles. The number of hydrogen-bond acceptors (Lipinski definition) is 5. The molecule has 164 valence electrons. The smallest absolute Gasteiger partial charge is 0.410 e. The molecule has 32 heavy (non-hydrogen) atoms. The summed E-state index contributed by atoms with van der Waals surface area (Å²) in [6, 6.07) is 12.9. The van der Waals surface area contributed by atoms with E-state index in [2.05, 4.69) is 27.5 Å². The van der Waals surface area contributed by atoms with Crippen LogP contribution in [0.15, 0.2) is 73.4 Å². The van der Waals surface area contributed by atoms with Crippen molar-refractivity contribution in [1.29, 1.82) is 0 Å². The van der Waals surface area contributed by atoms with Crippen molar-refractivity contribution in [3.8, 4) is 17.2 Å². The molecule has 0 aliphatic carbocycles. The van der Waals surface area contributed by atoms with Gasteiger partial charge >= 0.3 is 12.1 Å². The molecule has 0 saturated carbocycles. The first-order valence-electron chi connectivity index (χ1n) is 9.28. The Morgan fingerprint density at radius 3 is 2.62 bits per heavy atom. The van der Waals surface area contributed by atoms with E-state index in [1.165, 1.54) is 30.5 Å². The summed E-state index contributed by atoms with van der Waals surface area (Å²) in [7, 11) is 0. The number of anilines is 3. The third-order valence-electron chi connectivity index (χ3n) is 3.88. The van der Waals surface area contributed by atoms with Crippen molar-refractivity contribution in [2.75, 3.05) is 22.6 Å². The minimum absolute atomic E-state index is 0.0303. The van der Waals surface area contributed by atoms with Gasteiger partial charge in [0.1, 0.15) is 23.9 Å². The molecule has 0 atom stereocenters. The van der Waals surface area contributed by atoms with Crippen molar-refractivity contribution in [3.05, 3.63) is 79.3 Å². The zero-order valence-corrected chi connectivity index (χ0v) is 16.7. The van der Waals surface area contributed by atoms with E-state index in [1.54, 1.807) is 30.3 Å². The van der Waals surface area contributed by atoms with E-state index in [1.807, 2.05) is 0 Å². The summed E-state index contributed by atoms with van der Waals surface area (Å²) in [4.78, 5) is 26.8. The lowest BCUT2D eigenvalue weighted by molar-refractivity contribution is 0.209. The first kappa shape index (κ1) is 22.1. The summed E-state index contributed by atoms with van der Waals surface area (Å²) in [6.45, 7) is 3.86. The minimum Gasteiger partial charge on any atom is -0.487 e. The second kappa shape index (κ2) is 10.4. The van der Waals surface area contributed by atoms with Gasteiger partial charge in [0.15, 0.2) is 11.6 Å². The Bertz CT molecular complexity index is 1140. The molecule has 0 aliphatic heterocycles. The molecule has 2 aromatic carbocycles. The highest BCUT2D eigenvalue weighted by Gasteiger charge is 2.11. The van der Waals surface area contributed by atoms with Crippen LogP contribution in [0.4, 0.5) is 31.2 Å². The first-order chi connectivity index (χ1) is 15.4. The predicted octanol–water partition coefficient (Wildman–Crippen LogP) is 5.31. The fourth-order valence-electron chi connectivity index (χ4n) is 2.57. The largest absolute Gasteiger partial charge is 0.487 e. The van der Waals surface area contributed by atoms with Gasteiger partial charge in [-0.1, -0.05) is 24.8 Å². The Balaban J connectivity index is 1.65. The molecule has 0 fully saturated rings. The van der Waals surface area contributed by atoms with Gasteiger partial charge in [0.25, 0.3) is 0 Å². The lowest BCUT2D eigenvalue weighted by atomic mass is 10.2. The van der Waals surface area contributed by atoms with E-state index >= 15 is 0 Å². The molecule has 3 amide bonds. The number of aromatic nitrogens is 1. The number of urea groups is 1. The van der Waals surface area contributed by atoms with Crippen molar-refractivity contribution >= 4 is 29.3 Å². The fourth-order valence-corrected chi connectivity index (χ4v) is 2.57.